The summed E-state index contributed by atoms with van der Waals surface area (Å²) in [6.07, 6.45) is -4.85. The van der Waals surface area contributed by atoms with Crippen molar-refractivity contribution in [3.05, 3.63) is 82.4 Å². The van der Waals surface area contributed by atoms with Crippen molar-refractivity contribution in [2.24, 2.45) is 11.5 Å². The molecule has 0 aromatic heterocycles. The van der Waals surface area contributed by atoms with Gasteiger partial charge in [-0.2, -0.15) is 13.2 Å². The molecule has 0 atom stereocenters. The van der Waals surface area contributed by atoms with Crippen molar-refractivity contribution in [2.75, 3.05) is 6.54 Å². The highest BCUT2D eigenvalue weighted by atomic mass is 19.4. The van der Waals surface area contributed by atoms with E-state index in [1.807, 2.05) is 0 Å². The molecule has 11 heteroatoms. The van der Waals surface area contributed by atoms with Crippen LogP contribution in [-0.4, -0.2) is 18.4 Å². The molecule has 0 aliphatic carbocycles. The average molecular weight is 493 g/mol. The van der Waals surface area contributed by atoms with Gasteiger partial charge >= 0.3 is 6.18 Å². The highest BCUT2D eigenvalue weighted by Crippen LogP contribution is 2.43. The first-order valence-electron chi connectivity index (χ1n) is 10.1. The highest BCUT2D eigenvalue weighted by molar-refractivity contribution is 5.99. The van der Waals surface area contributed by atoms with Crippen LogP contribution in [0.5, 0.6) is 11.5 Å². The van der Waals surface area contributed by atoms with E-state index in [4.69, 9.17) is 16.2 Å². The molecule has 0 saturated carbocycles. The molecule has 184 valence electrons. The first-order chi connectivity index (χ1) is 16.4. The van der Waals surface area contributed by atoms with Gasteiger partial charge in [-0.15, -0.1) is 0 Å². The van der Waals surface area contributed by atoms with E-state index in [0.29, 0.717) is 11.6 Å². The van der Waals surface area contributed by atoms with Gasteiger partial charge in [0.05, 0.1) is 17.7 Å². The van der Waals surface area contributed by atoms with Crippen molar-refractivity contribution in [1.82, 2.24) is 5.32 Å². The van der Waals surface area contributed by atoms with Crippen LogP contribution in [0.15, 0.2) is 48.5 Å². The zero-order valence-corrected chi connectivity index (χ0v) is 18.3. The molecule has 0 aliphatic heterocycles. The summed E-state index contributed by atoms with van der Waals surface area (Å²) in [6, 6.07) is 8.04. The molecular weight excluding hydrogens is 473 g/mol. The van der Waals surface area contributed by atoms with Gasteiger partial charge in [0, 0.05) is 12.1 Å². The third kappa shape index (κ3) is 6.12. The number of amides is 2. The lowest BCUT2D eigenvalue weighted by Gasteiger charge is -2.20. The number of primary amides is 2. The van der Waals surface area contributed by atoms with Gasteiger partial charge in [-0.3, -0.25) is 9.59 Å². The largest absolute Gasteiger partial charge is 0.456 e. The van der Waals surface area contributed by atoms with Crippen LogP contribution < -0.4 is 21.5 Å². The Hall–Kier alpha value is -3.99. The van der Waals surface area contributed by atoms with Crippen molar-refractivity contribution in [3.8, 4) is 22.6 Å². The molecule has 0 aliphatic rings. The molecule has 0 fully saturated rings. The summed E-state index contributed by atoms with van der Waals surface area (Å²) in [5.74, 6) is -3.44. The number of rotatable bonds is 8. The maximum atomic E-state index is 14.0. The van der Waals surface area contributed by atoms with E-state index in [-0.39, 0.29) is 41.3 Å². The summed E-state index contributed by atoms with van der Waals surface area (Å²) in [4.78, 5) is 23.3. The number of aryl methyl sites for hydroxylation is 1. The zero-order chi connectivity index (χ0) is 25.9. The number of ether oxygens (including phenoxy) is 1. The summed E-state index contributed by atoms with van der Waals surface area (Å²) < 4.78 is 74.5. The van der Waals surface area contributed by atoms with Crippen molar-refractivity contribution in [2.45, 2.75) is 19.6 Å². The molecule has 35 heavy (non-hydrogen) atoms. The van der Waals surface area contributed by atoms with Crippen molar-refractivity contribution >= 4 is 11.8 Å². The van der Waals surface area contributed by atoms with Gasteiger partial charge in [0.15, 0.2) is 0 Å². The fourth-order valence-corrected chi connectivity index (χ4v) is 3.41. The maximum absolute atomic E-state index is 14.0. The van der Waals surface area contributed by atoms with E-state index < -0.39 is 40.8 Å². The van der Waals surface area contributed by atoms with Gasteiger partial charge in [0.1, 0.15) is 23.1 Å². The molecule has 3 aromatic rings. The third-order valence-corrected chi connectivity index (χ3v) is 5.00. The molecule has 2 amide bonds. The van der Waals surface area contributed by atoms with Crippen LogP contribution in [0.1, 0.15) is 27.0 Å². The number of nitrogens with one attached hydrogen (secondary N) is 1. The standard InChI is InChI=1S/C24H20F5N3O3/c1-12-6-15(25)3-5-20(12)35-22-18(8-14(24(27,28)29)9-19(22)23(31)34)17-4-2-16(26)7-13(17)10-32-11-21(30)33/h2-9,32H,10-11H2,1H3,(H2,30,33)(H2,31,34). The minimum Gasteiger partial charge on any atom is -0.456 e. The minimum atomic E-state index is -4.85. The molecule has 0 radical (unpaired) electrons. The molecule has 3 rings (SSSR count). The Kier molecular flexibility index (Phi) is 7.39. The number of alkyl halides is 3. The van der Waals surface area contributed by atoms with Gasteiger partial charge in [-0.25, -0.2) is 8.78 Å². The van der Waals surface area contributed by atoms with Crippen LogP contribution in [0.25, 0.3) is 11.1 Å². The van der Waals surface area contributed by atoms with Crippen molar-refractivity contribution < 1.29 is 36.3 Å². The third-order valence-electron chi connectivity index (χ3n) is 5.00. The number of carbonyl (C=O) groups excluding carboxylic acids is 2. The quantitative estimate of drug-likeness (QED) is 0.404. The molecule has 0 spiro atoms. The number of carbonyl (C=O) groups is 2. The summed E-state index contributed by atoms with van der Waals surface area (Å²) in [6.45, 7) is 1.08. The Morgan fingerprint density at radius 1 is 0.943 bits per heavy atom. The summed E-state index contributed by atoms with van der Waals surface area (Å²) in [5, 5.41) is 2.67. The van der Waals surface area contributed by atoms with Gasteiger partial charge < -0.3 is 21.5 Å². The van der Waals surface area contributed by atoms with Crippen LogP contribution in [0.2, 0.25) is 0 Å². The maximum Gasteiger partial charge on any atom is 0.416 e. The molecule has 0 unspecified atom stereocenters. The monoisotopic (exact) mass is 493 g/mol. The molecule has 0 bridgehead atoms. The van der Waals surface area contributed by atoms with Gasteiger partial charge in [0.25, 0.3) is 5.91 Å². The SMILES string of the molecule is Cc1cc(F)ccc1Oc1c(C(N)=O)cc(C(F)(F)F)cc1-c1ccc(F)cc1CNCC(N)=O. The van der Waals surface area contributed by atoms with E-state index in [9.17, 15) is 31.5 Å². The van der Waals surface area contributed by atoms with E-state index >= 15 is 0 Å². The second kappa shape index (κ2) is 10.1. The van der Waals surface area contributed by atoms with E-state index in [0.717, 1.165) is 30.3 Å². The summed E-state index contributed by atoms with van der Waals surface area (Å²) >= 11 is 0. The van der Waals surface area contributed by atoms with Crippen molar-refractivity contribution in [1.29, 1.82) is 0 Å². The molecule has 0 heterocycles. The van der Waals surface area contributed by atoms with Crippen molar-refractivity contribution in [3.63, 3.8) is 0 Å². The lowest BCUT2D eigenvalue weighted by Crippen LogP contribution is -2.28. The number of nitrogens with two attached hydrogens (primary N) is 2. The number of hydrogen-bond acceptors (Lipinski definition) is 4. The zero-order valence-electron chi connectivity index (χ0n) is 18.3. The Bertz CT molecular complexity index is 1290. The fourth-order valence-electron chi connectivity index (χ4n) is 3.41. The van der Waals surface area contributed by atoms with E-state index in [1.54, 1.807) is 0 Å². The average Bonchev–Trinajstić information content (AvgIpc) is 2.74. The molecule has 6 nitrogen and oxygen atoms in total. The Labute approximate surface area is 196 Å². The molecule has 3 aromatic carbocycles. The second-order valence-corrected chi connectivity index (χ2v) is 7.65. The Balaban J connectivity index is 2.28. The van der Waals surface area contributed by atoms with Gasteiger partial charge in [-0.1, -0.05) is 6.07 Å². The molecule has 0 saturated heterocycles. The first kappa shape index (κ1) is 25.6. The van der Waals surface area contributed by atoms with Crippen LogP contribution >= 0.6 is 0 Å². The highest BCUT2D eigenvalue weighted by Gasteiger charge is 2.34. The first-order valence-corrected chi connectivity index (χ1v) is 10.1. The smallest absolute Gasteiger partial charge is 0.416 e. The van der Waals surface area contributed by atoms with Crippen LogP contribution in [0, 0.1) is 18.6 Å². The second-order valence-electron chi connectivity index (χ2n) is 7.65. The minimum absolute atomic E-state index is 0.0606. The topological polar surface area (TPSA) is 107 Å². The predicted molar refractivity (Wildman–Crippen MR) is 117 cm³/mol. The summed E-state index contributed by atoms with van der Waals surface area (Å²) in [7, 11) is 0. The van der Waals surface area contributed by atoms with Crippen LogP contribution in [-0.2, 0) is 17.5 Å². The lowest BCUT2D eigenvalue weighted by molar-refractivity contribution is -0.137. The Morgan fingerprint density at radius 3 is 2.20 bits per heavy atom. The van der Waals surface area contributed by atoms with Crippen LogP contribution in [0.4, 0.5) is 22.0 Å². The summed E-state index contributed by atoms with van der Waals surface area (Å²) in [5.41, 5.74) is 9.03. The van der Waals surface area contributed by atoms with Crippen LogP contribution in [0.3, 0.4) is 0 Å². The van der Waals surface area contributed by atoms with Gasteiger partial charge in [-0.05, 0) is 66.1 Å². The van der Waals surface area contributed by atoms with E-state index in [1.165, 1.54) is 19.1 Å². The normalized spacial score (nSPS) is 11.4. The Morgan fingerprint density at radius 2 is 1.60 bits per heavy atom. The predicted octanol–water partition coefficient (Wildman–Crippen LogP) is 4.43. The lowest BCUT2D eigenvalue weighted by atomic mass is 9.93. The fraction of sp³-hybridized carbons (Fsp3) is 0.167. The van der Waals surface area contributed by atoms with Gasteiger partial charge in [0.2, 0.25) is 5.91 Å². The number of halogens is 5. The molecular formula is C24H20F5N3O3. The number of benzene rings is 3. The molecule has 5 N–H and O–H groups in total. The van der Waals surface area contributed by atoms with E-state index in [2.05, 4.69) is 5.32 Å². The number of hydrogen-bond donors (Lipinski definition) is 3.